The number of nitrogens with one attached hydrogen (secondary N) is 1. The number of hydrogen-bond acceptors (Lipinski definition) is 4. The van der Waals surface area contributed by atoms with Gasteiger partial charge in [0.05, 0.1) is 11.1 Å². The predicted octanol–water partition coefficient (Wildman–Crippen LogP) is 3.17. The number of nitrogens with zero attached hydrogens (tertiary/aromatic N) is 2. The van der Waals surface area contributed by atoms with Gasteiger partial charge < -0.3 is 0 Å². The van der Waals surface area contributed by atoms with Gasteiger partial charge in [0, 0.05) is 16.5 Å². The molecule has 4 rings (SSSR count). The van der Waals surface area contributed by atoms with Crippen LogP contribution in [0.2, 0.25) is 0 Å². The van der Waals surface area contributed by atoms with E-state index in [4.69, 9.17) is 0 Å². The van der Waals surface area contributed by atoms with Crippen molar-refractivity contribution in [3.05, 3.63) is 52.4 Å². The maximum absolute atomic E-state index is 12.5. The van der Waals surface area contributed by atoms with Crippen molar-refractivity contribution in [2.24, 2.45) is 5.18 Å². The first-order valence-electron chi connectivity index (χ1n) is 5.80. The molecule has 2 aromatic carbocycles. The molecule has 0 aliphatic heterocycles. The van der Waals surface area contributed by atoms with Crippen LogP contribution in [0.3, 0.4) is 0 Å². The van der Waals surface area contributed by atoms with Crippen molar-refractivity contribution in [3.8, 4) is 11.3 Å². The highest BCUT2D eigenvalue weighted by Gasteiger charge is 2.29. The van der Waals surface area contributed by atoms with Gasteiger partial charge in [-0.15, -0.1) is 4.91 Å². The number of fused-ring (bicyclic) bond motifs is 2. The van der Waals surface area contributed by atoms with Crippen molar-refractivity contribution < 1.29 is 4.79 Å². The van der Waals surface area contributed by atoms with E-state index in [9.17, 15) is 9.70 Å². The molecular formula is C14H7N3O2. The van der Waals surface area contributed by atoms with Crippen LogP contribution in [0.15, 0.2) is 41.6 Å². The molecule has 1 aliphatic carbocycles. The molecule has 0 fully saturated rings. The van der Waals surface area contributed by atoms with E-state index < -0.39 is 0 Å². The molecule has 0 unspecified atom stereocenters. The summed E-state index contributed by atoms with van der Waals surface area (Å²) in [6, 6.07) is 10.5. The summed E-state index contributed by atoms with van der Waals surface area (Å²) in [5, 5.41) is 10.8. The van der Waals surface area contributed by atoms with E-state index in [-0.39, 0.29) is 11.5 Å². The highest BCUT2D eigenvalue weighted by atomic mass is 16.3. The Morgan fingerprint density at radius 2 is 1.84 bits per heavy atom. The number of nitroso groups, excluding NO2 is 1. The van der Waals surface area contributed by atoms with Gasteiger partial charge >= 0.3 is 0 Å². The van der Waals surface area contributed by atoms with Crippen LogP contribution in [-0.2, 0) is 0 Å². The Bertz CT molecular complexity index is 864. The molecule has 3 aromatic rings. The van der Waals surface area contributed by atoms with Crippen molar-refractivity contribution in [3.63, 3.8) is 0 Å². The molecule has 0 bridgehead atoms. The topological polar surface area (TPSA) is 75.2 Å². The number of aromatic nitrogens is 2. The van der Waals surface area contributed by atoms with Crippen molar-refractivity contribution in [1.29, 1.82) is 0 Å². The average molecular weight is 249 g/mol. The van der Waals surface area contributed by atoms with Gasteiger partial charge in [0.25, 0.3) is 0 Å². The Morgan fingerprint density at radius 3 is 2.63 bits per heavy atom. The predicted molar refractivity (Wildman–Crippen MR) is 70.4 cm³/mol. The molecule has 0 amide bonds. The second-order valence-corrected chi connectivity index (χ2v) is 4.42. The lowest BCUT2D eigenvalue weighted by molar-refractivity contribution is 0.104. The summed E-state index contributed by atoms with van der Waals surface area (Å²) in [6.07, 6.45) is 0. The van der Waals surface area contributed by atoms with Crippen LogP contribution in [0.25, 0.3) is 22.2 Å². The summed E-state index contributed by atoms with van der Waals surface area (Å²) in [7, 11) is 0. The number of carbonyl (C=O) groups is 1. The zero-order valence-electron chi connectivity index (χ0n) is 9.68. The van der Waals surface area contributed by atoms with E-state index in [0.29, 0.717) is 22.2 Å². The van der Waals surface area contributed by atoms with Gasteiger partial charge in [-0.25, -0.2) is 0 Å². The standard InChI is InChI=1S/C14H7N3O2/c18-14-8-4-2-1-3-7(8)13-11-9(15-16-13)5-6-10(17-19)12(11)14/h1-6H,(H,15,16). The fraction of sp³-hybridized carbons (Fsp3) is 0. The van der Waals surface area contributed by atoms with E-state index in [2.05, 4.69) is 15.4 Å². The van der Waals surface area contributed by atoms with Crippen LogP contribution < -0.4 is 0 Å². The summed E-state index contributed by atoms with van der Waals surface area (Å²) in [6.45, 7) is 0. The minimum atomic E-state index is -0.176. The van der Waals surface area contributed by atoms with Gasteiger partial charge in [0.2, 0.25) is 0 Å². The number of ketones is 1. The molecule has 19 heavy (non-hydrogen) atoms. The summed E-state index contributed by atoms with van der Waals surface area (Å²) in [5.41, 5.74) is 3.28. The van der Waals surface area contributed by atoms with Gasteiger partial charge in [-0.2, -0.15) is 5.10 Å². The monoisotopic (exact) mass is 249 g/mol. The molecule has 90 valence electrons. The molecule has 0 saturated carbocycles. The average Bonchev–Trinajstić information content (AvgIpc) is 2.89. The first-order chi connectivity index (χ1) is 9.31. The van der Waals surface area contributed by atoms with E-state index in [1.54, 1.807) is 24.3 Å². The number of carbonyl (C=O) groups excluding carboxylic acids is 1. The third kappa shape index (κ3) is 1.14. The van der Waals surface area contributed by atoms with Gasteiger partial charge in [-0.3, -0.25) is 9.89 Å². The number of H-pyrrole nitrogens is 1. The van der Waals surface area contributed by atoms with E-state index >= 15 is 0 Å². The SMILES string of the molecule is O=Nc1ccc2[nH]nc3c2c1C(=O)c1ccccc1-3. The molecule has 1 heterocycles. The molecule has 1 aromatic heterocycles. The Kier molecular flexibility index (Phi) is 1.79. The largest absolute Gasteiger partial charge is 0.288 e. The van der Waals surface area contributed by atoms with E-state index in [1.807, 2.05) is 12.1 Å². The first kappa shape index (κ1) is 10.1. The van der Waals surface area contributed by atoms with Crippen LogP contribution in [0.1, 0.15) is 15.9 Å². The van der Waals surface area contributed by atoms with Gasteiger partial charge in [0.1, 0.15) is 11.4 Å². The zero-order chi connectivity index (χ0) is 13.0. The molecule has 0 radical (unpaired) electrons. The van der Waals surface area contributed by atoms with E-state index in [0.717, 1.165) is 11.1 Å². The number of hydrogen-bond donors (Lipinski definition) is 1. The van der Waals surface area contributed by atoms with Gasteiger partial charge in [-0.1, -0.05) is 24.3 Å². The molecule has 1 aliphatic rings. The molecule has 5 nitrogen and oxygen atoms in total. The first-order valence-corrected chi connectivity index (χ1v) is 5.80. The van der Waals surface area contributed by atoms with Crippen molar-refractivity contribution in [2.75, 3.05) is 0 Å². The lowest BCUT2D eigenvalue weighted by Gasteiger charge is -2.14. The Labute approximate surface area is 107 Å². The highest BCUT2D eigenvalue weighted by molar-refractivity contribution is 6.27. The lowest BCUT2D eigenvalue weighted by atomic mass is 9.86. The van der Waals surface area contributed by atoms with Gasteiger partial charge in [-0.05, 0) is 17.3 Å². The van der Waals surface area contributed by atoms with E-state index in [1.165, 1.54) is 0 Å². The summed E-state index contributed by atoms with van der Waals surface area (Å²) >= 11 is 0. The normalized spacial score (nSPS) is 12.5. The second kappa shape index (κ2) is 3.35. The fourth-order valence-electron chi connectivity index (χ4n) is 2.63. The summed E-state index contributed by atoms with van der Waals surface area (Å²) < 4.78 is 0. The highest BCUT2D eigenvalue weighted by Crippen LogP contribution is 2.41. The molecule has 0 spiro atoms. The van der Waals surface area contributed by atoms with Crippen molar-refractivity contribution in [1.82, 2.24) is 10.2 Å². The molecular weight excluding hydrogens is 242 g/mol. The van der Waals surface area contributed by atoms with Gasteiger partial charge in [0.15, 0.2) is 5.78 Å². The Balaban J connectivity index is 2.26. The number of aromatic amines is 1. The van der Waals surface area contributed by atoms with Crippen LogP contribution in [-0.4, -0.2) is 16.0 Å². The Hall–Kier alpha value is -2.82. The number of benzene rings is 2. The maximum Gasteiger partial charge on any atom is 0.196 e. The third-order valence-electron chi connectivity index (χ3n) is 3.46. The number of rotatable bonds is 1. The molecule has 5 heteroatoms. The van der Waals surface area contributed by atoms with Crippen LogP contribution in [0.4, 0.5) is 5.69 Å². The van der Waals surface area contributed by atoms with Crippen molar-refractivity contribution >= 4 is 22.4 Å². The molecule has 0 atom stereocenters. The Morgan fingerprint density at radius 1 is 1.05 bits per heavy atom. The smallest absolute Gasteiger partial charge is 0.196 e. The van der Waals surface area contributed by atoms with Crippen LogP contribution in [0.5, 0.6) is 0 Å². The fourth-order valence-corrected chi connectivity index (χ4v) is 2.63. The quantitative estimate of drug-likeness (QED) is 0.526. The maximum atomic E-state index is 12.5. The summed E-state index contributed by atoms with van der Waals surface area (Å²) in [4.78, 5) is 23.4. The third-order valence-corrected chi connectivity index (χ3v) is 3.46. The molecule has 0 saturated heterocycles. The van der Waals surface area contributed by atoms with Crippen molar-refractivity contribution in [2.45, 2.75) is 0 Å². The lowest BCUT2D eigenvalue weighted by Crippen LogP contribution is -2.09. The van der Waals surface area contributed by atoms with Crippen LogP contribution in [0, 0.1) is 4.91 Å². The minimum absolute atomic E-state index is 0.162. The minimum Gasteiger partial charge on any atom is -0.288 e. The second-order valence-electron chi connectivity index (χ2n) is 4.42. The zero-order valence-corrected chi connectivity index (χ0v) is 9.68. The molecule has 1 N–H and O–H groups in total. The summed E-state index contributed by atoms with van der Waals surface area (Å²) in [5.74, 6) is -0.176. The van der Waals surface area contributed by atoms with Crippen LogP contribution >= 0.6 is 0 Å².